The smallest absolute Gasteiger partial charge is 0.412 e. The number of anilines is 1. The summed E-state index contributed by atoms with van der Waals surface area (Å²) in [5.74, 6) is 1.63. The van der Waals surface area contributed by atoms with E-state index in [1.807, 2.05) is 30.3 Å². The summed E-state index contributed by atoms with van der Waals surface area (Å²) in [6.45, 7) is 2.89. The first-order valence-corrected chi connectivity index (χ1v) is 8.92. The van der Waals surface area contributed by atoms with Crippen molar-refractivity contribution in [3.8, 4) is 11.5 Å². The zero-order valence-corrected chi connectivity index (χ0v) is 14.4. The highest BCUT2D eigenvalue weighted by Gasteiger charge is 2.44. The molecule has 0 unspecified atom stereocenters. The largest absolute Gasteiger partial charge is 0.454 e. The van der Waals surface area contributed by atoms with Crippen molar-refractivity contribution in [3.05, 3.63) is 53.6 Å². The van der Waals surface area contributed by atoms with Gasteiger partial charge in [-0.05, 0) is 23.8 Å². The number of ether oxygens (including phenoxy) is 3. The van der Waals surface area contributed by atoms with E-state index in [9.17, 15) is 4.79 Å². The molecule has 5 rings (SSSR count). The van der Waals surface area contributed by atoms with Gasteiger partial charge in [-0.15, -0.1) is 0 Å². The lowest BCUT2D eigenvalue weighted by Gasteiger charge is -2.44. The van der Waals surface area contributed by atoms with Gasteiger partial charge >= 0.3 is 6.09 Å². The minimum Gasteiger partial charge on any atom is -0.454 e. The van der Waals surface area contributed by atoms with Gasteiger partial charge in [-0.2, -0.15) is 0 Å². The Morgan fingerprint density at radius 3 is 2.73 bits per heavy atom. The summed E-state index contributed by atoms with van der Waals surface area (Å²) < 4.78 is 16.6. The summed E-state index contributed by atoms with van der Waals surface area (Å²) in [6.07, 6.45) is 1.23. The number of hydrogen-bond acceptors (Lipinski definition) is 5. The Morgan fingerprint density at radius 2 is 1.85 bits per heavy atom. The lowest BCUT2D eigenvalue weighted by Crippen LogP contribution is -2.48. The molecule has 134 valence electrons. The summed E-state index contributed by atoms with van der Waals surface area (Å²) in [5.41, 5.74) is 2.65. The van der Waals surface area contributed by atoms with Crippen molar-refractivity contribution < 1.29 is 19.0 Å². The number of benzene rings is 2. The number of hydrogen-bond donors (Lipinski definition) is 1. The molecule has 3 aliphatic heterocycles. The van der Waals surface area contributed by atoms with Crippen LogP contribution in [-0.2, 0) is 16.9 Å². The van der Waals surface area contributed by atoms with Gasteiger partial charge in [-0.25, -0.2) is 4.79 Å². The molecule has 0 aliphatic carbocycles. The van der Waals surface area contributed by atoms with Gasteiger partial charge in [0.15, 0.2) is 11.5 Å². The minimum atomic E-state index is -0.510. The van der Waals surface area contributed by atoms with Gasteiger partial charge in [-0.3, -0.25) is 10.2 Å². The molecule has 0 saturated carbocycles. The molecule has 0 aromatic heterocycles. The number of nitrogens with one attached hydrogen (secondary N) is 1. The standard InChI is InChI=1S/C20H20N2O4/c23-19-21-16-4-2-1-3-15(16)20(26-19)7-9-22(10-8-20)12-14-5-6-17-18(11-14)25-13-24-17/h1-6,11H,7-10,12-13H2,(H,21,23). The van der Waals surface area contributed by atoms with Crippen LogP contribution in [-0.4, -0.2) is 30.9 Å². The third-order valence-electron chi connectivity index (χ3n) is 5.45. The number of carbonyl (C=O) groups is 1. The number of nitrogens with zero attached hydrogens (tertiary/aromatic N) is 1. The Kier molecular flexibility index (Phi) is 3.53. The second kappa shape index (κ2) is 5.92. The summed E-state index contributed by atoms with van der Waals surface area (Å²) >= 11 is 0. The van der Waals surface area contributed by atoms with Crippen molar-refractivity contribution in [2.45, 2.75) is 25.0 Å². The zero-order chi connectivity index (χ0) is 17.6. The molecule has 3 heterocycles. The third kappa shape index (κ3) is 2.57. The van der Waals surface area contributed by atoms with E-state index in [1.54, 1.807) is 0 Å². The summed E-state index contributed by atoms with van der Waals surface area (Å²) in [7, 11) is 0. The molecule has 1 spiro atoms. The van der Waals surface area contributed by atoms with Gasteiger partial charge in [0, 0.05) is 38.0 Å². The number of carbonyl (C=O) groups excluding carboxylic acids is 1. The van der Waals surface area contributed by atoms with Crippen LogP contribution in [0.4, 0.5) is 10.5 Å². The lowest BCUT2D eigenvalue weighted by molar-refractivity contribution is -0.0393. The fraction of sp³-hybridized carbons (Fsp3) is 0.350. The average molecular weight is 352 g/mol. The number of fused-ring (bicyclic) bond motifs is 3. The number of amides is 1. The van der Waals surface area contributed by atoms with Gasteiger partial charge < -0.3 is 14.2 Å². The van der Waals surface area contributed by atoms with E-state index in [0.717, 1.165) is 55.2 Å². The fourth-order valence-electron chi connectivity index (χ4n) is 4.10. The van der Waals surface area contributed by atoms with E-state index in [4.69, 9.17) is 14.2 Å². The third-order valence-corrected chi connectivity index (χ3v) is 5.45. The van der Waals surface area contributed by atoms with Crippen molar-refractivity contribution in [2.24, 2.45) is 0 Å². The lowest BCUT2D eigenvalue weighted by atomic mass is 9.82. The maximum Gasteiger partial charge on any atom is 0.412 e. The van der Waals surface area contributed by atoms with Crippen LogP contribution in [0.15, 0.2) is 42.5 Å². The molecule has 0 radical (unpaired) electrons. The molecule has 6 nitrogen and oxygen atoms in total. The van der Waals surface area contributed by atoms with Crippen molar-refractivity contribution in [1.82, 2.24) is 4.90 Å². The highest BCUT2D eigenvalue weighted by molar-refractivity contribution is 5.88. The van der Waals surface area contributed by atoms with E-state index < -0.39 is 5.60 Å². The van der Waals surface area contributed by atoms with Gasteiger partial charge in [0.05, 0.1) is 5.69 Å². The van der Waals surface area contributed by atoms with Gasteiger partial charge in [0.1, 0.15) is 5.60 Å². The van der Waals surface area contributed by atoms with Crippen molar-refractivity contribution in [1.29, 1.82) is 0 Å². The minimum absolute atomic E-state index is 0.295. The zero-order valence-electron chi connectivity index (χ0n) is 14.4. The average Bonchev–Trinajstić information content (AvgIpc) is 3.11. The molecule has 0 bridgehead atoms. The van der Waals surface area contributed by atoms with E-state index in [2.05, 4.69) is 22.3 Å². The Balaban J connectivity index is 1.31. The highest BCUT2D eigenvalue weighted by atomic mass is 16.7. The molecule has 1 N–H and O–H groups in total. The summed E-state index contributed by atoms with van der Waals surface area (Å²) in [4.78, 5) is 14.4. The first kappa shape index (κ1) is 15.5. The van der Waals surface area contributed by atoms with Crippen LogP contribution in [0.25, 0.3) is 0 Å². The van der Waals surface area contributed by atoms with Crippen LogP contribution < -0.4 is 14.8 Å². The first-order valence-electron chi connectivity index (χ1n) is 8.92. The molecule has 3 aliphatic rings. The van der Waals surface area contributed by atoms with E-state index in [-0.39, 0.29) is 6.09 Å². The number of piperidine rings is 1. The number of likely N-dealkylation sites (tertiary alicyclic amines) is 1. The molecular formula is C20H20N2O4. The predicted molar refractivity (Wildman–Crippen MR) is 95.3 cm³/mol. The van der Waals surface area contributed by atoms with Gasteiger partial charge in [0.25, 0.3) is 0 Å². The monoisotopic (exact) mass is 352 g/mol. The Labute approximate surface area is 151 Å². The van der Waals surface area contributed by atoms with Gasteiger partial charge in [-0.1, -0.05) is 24.3 Å². The van der Waals surface area contributed by atoms with Crippen molar-refractivity contribution >= 4 is 11.8 Å². The Hall–Kier alpha value is -2.73. The molecule has 0 atom stereocenters. The van der Waals surface area contributed by atoms with Crippen LogP contribution in [0.5, 0.6) is 11.5 Å². The molecule has 2 aromatic rings. The Bertz CT molecular complexity index is 859. The first-order chi connectivity index (χ1) is 12.7. The quantitative estimate of drug-likeness (QED) is 0.897. The van der Waals surface area contributed by atoms with Crippen molar-refractivity contribution in [3.63, 3.8) is 0 Å². The molecular weight excluding hydrogens is 332 g/mol. The maximum atomic E-state index is 12.0. The predicted octanol–water partition coefficient (Wildman–Crippen LogP) is 3.47. The molecule has 6 heteroatoms. The topological polar surface area (TPSA) is 60.0 Å². The van der Waals surface area contributed by atoms with E-state index in [0.29, 0.717) is 6.79 Å². The Morgan fingerprint density at radius 1 is 1.04 bits per heavy atom. The molecule has 26 heavy (non-hydrogen) atoms. The summed E-state index contributed by atoms with van der Waals surface area (Å²) in [6, 6.07) is 14.0. The van der Waals surface area contributed by atoms with E-state index in [1.165, 1.54) is 5.56 Å². The van der Waals surface area contributed by atoms with Crippen LogP contribution in [0.3, 0.4) is 0 Å². The second-order valence-electron chi connectivity index (χ2n) is 7.02. The van der Waals surface area contributed by atoms with E-state index >= 15 is 0 Å². The van der Waals surface area contributed by atoms with Crippen LogP contribution in [0.2, 0.25) is 0 Å². The molecule has 1 fully saturated rings. The molecule has 2 aromatic carbocycles. The van der Waals surface area contributed by atoms with Crippen molar-refractivity contribution in [2.75, 3.05) is 25.2 Å². The second-order valence-corrected chi connectivity index (χ2v) is 7.02. The number of rotatable bonds is 2. The van der Waals surface area contributed by atoms with Crippen LogP contribution in [0, 0.1) is 0 Å². The molecule has 1 saturated heterocycles. The van der Waals surface area contributed by atoms with Gasteiger partial charge in [0.2, 0.25) is 6.79 Å². The fourth-order valence-corrected chi connectivity index (χ4v) is 4.10. The highest BCUT2D eigenvalue weighted by Crippen LogP contribution is 2.43. The van der Waals surface area contributed by atoms with Crippen LogP contribution >= 0.6 is 0 Å². The summed E-state index contributed by atoms with van der Waals surface area (Å²) in [5, 5.41) is 2.81. The number of para-hydroxylation sites is 1. The molecule has 1 amide bonds. The van der Waals surface area contributed by atoms with Crippen LogP contribution in [0.1, 0.15) is 24.0 Å². The maximum absolute atomic E-state index is 12.0. The normalized spacial score (nSPS) is 20.4. The SMILES string of the molecule is O=C1Nc2ccccc2C2(CCN(Cc3ccc4c(c3)OCO4)CC2)O1.